The van der Waals surface area contributed by atoms with Gasteiger partial charge in [0.05, 0.1) is 6.61 Å². The summed E-state index contributed by atoms with van der Waals surface area (Å²) in [5, 5.41) is 1.20. The van der Waals surface area contributed by atoms with E-state index in [9.17, 15) is 17.2 Å². The molecule has 68 valence electrons. The number of hydrogen-bond donors (Lipinski definition) is 2. The van der Waals surface area contributed by atoms with E-state index in [4.69, 9.17) is 21.3 Å². The molecule has 1 unspecified atom stereocenters. The highest BCUT2D eigenvalue weighted by Gasteiger charge is 2.50. The van der Waals surface area contributed by atoms with Gasteiger partial charge in [0.25, 0.3) is 0 Å². The van der Waals surface area contributed by atoms with Crippen LogP contribution in [0.4, 0.5) is 8.78 Å². The lowest BCUT2D eigenvalue weighted by atomic mass is 10.5. The zero-order chi connectivity index (χ0) is 9.28. The van der Waals surface area contributed by atoms with Crippen LogP contribution in [0.15, 0.2) is 0 Å². The second kappa shape index (κ2) is 3.18. The van der Waals surface area contributed by atoms with E-state index in [-0.39, 0.29) is 0 Å². The van der Waals surface area contributed by atoms with Gasteiger partial charge in [0.1, 0.15) is 5.38 Å². The fourth-order valence-corrected chi connectivity index (χ4v) is 1.00. The first-order chi connectivity index (χ1) is 4.73. The summed E-state index contributed by atoms with van der Waals surface area (Å²) in [5.41, 5.74) is 0. The molecule has 0 saturated carbocycles. The van der Waals surface area contributed by atoms with E-state index in [0.29, 0.717) is 0 Å². The van der Waals surface area contributed by atoms with Gasteiger partial charge in [-0.3, -0.25) is 4.55 Å². The Morgan fingerprint density at radius 2 is 1.91 bits per heavy atom. The van der Waals surface area contributed by atoms with Crippen LogP contribution >= 0.6 is 11.6 Å². The van der Waals surface area contributed by atoms with Crippen molar-refractivity contribution in [2.75, 3.05) is 6.61 Å². The van der Waals surface area contributed by atoms with Gasteiger partial charge >= 0.3 is 15.4 Å². The molecular weight excluding hydrogens is 206 g/mol. The SMILES string of the molecule is O=S(=O)(O)C(F)(F)C(Cl)CO. The standard InChI is InChI=1S/C3H5ClF2O4S/c4-2(1-7)3(5,6)11(8,9)10/h2,7H,1H2,(H,8,9,10). The van der Waals surface area contributed by atoms with Crippen molar-refractivity contribution in [3.8, 4) is 0 Å². The molecule has 0 bridgehead atoms. The average Bonchev–Trinajstić information content (AvgIpc) is 1.83. The van der Waals surface area contributed by atoms with Gasteiger partial charge in [0, 0.05) is 0 Å². The van der Waals surface area contributed by atoms with Crippen LogP contribution in [0.1, 0.15) is 0 Å². The third-order valence-electron chi connectivity index (χ3n) is 0.869. The fourth-order valence-electron chi connectivity index (χ4n) is 0.268. The van der Waals surface area contributed by atoms with E-state index in [1.807, 2.05) is 0 Å². The van der Waals surface area contributed by atoms with E-state index in [1.54, 1.807) is 0 Å². The molecule has 0 amide bonds. The van der Waals surface area contributed by atoms with Gasteiger partial charge in [-0.2, -0.15) is 17.2 Å². The highest BCUT2D eigenvalue weighted by molar-refractivity contribution is 7.87. The van der Waals surface area contributed by atoms with Gasteiger partial charge in [-0.05, 0) is 0 Å². The molecule has 0 spiro atoms. The lowest BCUT2D eigenvalue weighted by molar-refractivity contribution is 0.0563. The van der Waals surface area contributed by atoms with Gasteiger partial charge < -0.3 is 5.11 Å². The molecule has 1 atom stereocenters. The van der Waals surface area contributed by atoms with Crippen LogP contribution in [0.5, 0.6) is 0 Å². The zero-order valence-electron chi connectivity index (χ0n) is 5.04. The Kier molecular flexibility index (Phi) is 3.18. The number of halogens is 3. The Bertz CT molecular complexity index is 225. The van der Waals surface area contributed by atoms with E-state index < -0.39 is 27.4 Å². The molecular formula is C3H5ClF2O4S. The number of aliphatic hydroxyl groups is 1. The Balaban J connectivity index is 4.74. The fraction of sp³-hybridized carbons (Fsp3) is 1.00. The molecule has 8 heteroatoms. The van der Waals surface area contributed by atoms with Gasteiger partial charge in [0.2, 0.25) is 0 Å². The Labute approximate surface area is 66.5 Å². The average molecular weight is 211 g/mol. The van der Waals surface area contributed by atoms with Crippen LogP contribution in [0, 0.1) is 0 Å². The number of hydrogen-bond acceptors (Lipinski definition) is 3. The summed E-state index contributed by atoms with van der Waals surface area (Å²) in [4.78, 5) is 0. The molecule has 4 nitrogen and oxygen atoms in total. The van der Waals surface area contributed by atoms with Gasteiger partial charge in [0.15, 0.2) is 0 Å². The van der Waals surface area contributed by atoms with Crippen molar-refractivity contribution in [1.29, 1.82) is 0 Å². The first-order valence-corrected chi connectivity index (χ1v) is 4.21. The monoisotopic (exact) mass is 210 g/mol. The lowest BCUT2D eigenvalue weighted by Crippen LogP contribution is -2.39. The van der Waals surface area contributed by atoms with Crippen LogP contribution in [0.25, 0.3) is 0 Å². The molecule has 0 aliphatic heterocycles. The summed E-state index contributed by atoms with van der Waals surface area (Å²) in [6, 6.07) is 0. The molecule has 2 N–H and O–H groups in total. The minimum absolute atomic E-state index is 1.24. The van der Waals surface area contributed by atoms with E-state index >= 15 is 0 Å². The third kappa shape index (κ3) is 2.22. The molecule has 0 rings (SSSR count). The van der Waals surface area contributed by atoms with Crippen molar-refractivity contribution in [3.63, 3.8) is 0 Å². The maximum Gasteiger partial charge on any atom is 0.388 e. The van der Waals surface area contributed by atoms with Gasteiger partial charge in [-0.25, -0.2) is 0 Å². The summed E-state index contributed by atoms with van der Waals surface area (Å²) in [5.74, 6) is 0. The molecule has 0 aliphatic rings. The second-order valence-corrected chi connectivity index (χ2v) is 3.71. The van der Waals surface area contributed by atoms with Crippen LogP contribution < -0.4 is 0 Å². The predicted octanol–water partition coefficient (Wildman–Crippen LogP) is 0.0667. The van der Waals surface area contributed by atoms with E-state index in [1.165, 1.54) is 0 Å². The first-order valence-electron chi connectivity index (χ1n) is 2.33. The largest absolute Gasteiger partial charge is 0.395 e. The molecule has 11 heavy (non-hydrogen) atoms. The molecule has 0 aromatic carbocycles. The minimum Gasteiger partial charge on any atom is -0.395 e. The topological polar surface area (TPSA) is 74.6 Å². The third-order valence-corrected chi connectivity index (χ3v) is 2.38. The number of aliphatic hydroxyl groups excluding tert-OH is 1. The second-order valence-electron chi connectivity index (χ2n) is 1.69. The van der Waals surface area contributed by atoms with Crippen molar-refractivity contribution in [2.45, 2.75) is 10.6 Å². The summed E-state index contributed by atoms with van der Waals surface area (Å²) < 4.78 is 52.0. The molecule has 0 aliphatic carbocycles. The van der Waals surface area contributed by atoms with Gasteiger partial charge in [-0.1, -0.05) is 0 Å². The van der Waals surface area contributed by atoms with Crippen molar-refractivity contribution < 1.29 is 26.9 Å². The lowest BCUT2D eigenvalue weighted by Gasteiger charge is -2.15. The van der Waals surface area contributed by atoms with Crippen molar-refractivity contribution in [1.82, 2.24) is 0 Å². The molecule has 0 aromatic rings. The number of rotatable bonds is 3. The van der Waals surface area contributed by atoms with E-state index in [0.717, 1.165) is 0 Å². The maximum atomic E-state index is 12.2. The Morgan fingerprint density at radius 1 is 1.55 bits per heavy atom. The minimum atomic E-state index is -5.54. The van der Waals surface area contributed by atoms with Crippen LogP contribution in [-0.2, 0) is 10.1 Å². The summed E-state index contributed by atoms with van der Waals surface area (Å²) in [6.45, 7) is -1.24. The summed E-state index contributed by atoms with van der Waals surface area (Å²) in [7, 11) is -5.54. The highest BCUT2D eigenvalue weighted by atomic mass is 35.5. The van der Waals surface area contributed by atoms with Crippen LogP contribution in [-0.4, -0.2) is 35.3 Å². The summed E-state index contributed by atoms with van der Waals surface area (Å²) >= 11 is 4.70. The normalized spacial score (nSPS) is 16.5. The zero-order valence-corrected chi connectivity index (χ0v) is 6.61. The van der Waals surface area contributed by atoms with Crippen LogP contribution in [0.3, 0.4) is 0 Å². The van der Waals surface area contributed by atoms with Crippen molar-refractivity contribution >= 4 is 21.7 Å². The van der Waals surface area contributed by atoms with Crippen molar-refractivity contribution in [2.24, 2.45) is 0 Å². The Hall–Kier alpha value is 0.0200. The first kappa shape index (κ1) is 11.0. The Morgan fingerprint density at radius 3 is 2.00 bits per heavy atom. The predicted molar refractivity (Wildman–Crippen MR) is 33.2 cm³/mol. The summed E-state index contributed by atoms with van der Waals surface area (Å²) in [6.07, 6.45) is 0. The van der Waals surface area contributed by atoms with E-state index in [2.05, 4.69) is 0 Å². The molecule has 0 aromatic heterocycles. The molecule has 0 heterocycles. The number of alkyl halides is 3. The molecule has 0 fully saturated rings. The smallest absolute Gasteiger partial charge is 0.388 e. The maximum absolute atomic E-state index is 12.2. The van der Waals surface area contributed by atoms with Crippen LogP contribution in [0.2, 0.25) is 0 Å². The quantitative estimate of drug-likeness (QED) is 0.511. The van der Waals surface area contributed by atoms with Gasteiger partial charge in [-0.15, -0.1) is 11.6 Å². The molecule has 0 radical (unpaired) electrons. The highest BCUT2D eigenvalue weighted by Crippen LogP contribution is 2.28. The van der Waals surface area contributed by atoms with Crippen molar-refractivity contribution in [3.05, 3.63) is 0 Å². The molecule has 0 saturated heterocycles.